The first-order valence-corrected chi connectivity index (χ1v) is 6.72. The van der Waals surface area contributed by atoms with Crippen LogP contribution in [0, 0.1) is 0 Å². The molecule has 0 aromatic heterocycles. The molecule has 2 atom stereocenters. The lowest BCUT2D eigenvalue weighted by Crippen LogP contribution is -2.46. The fourth-order valence-corrected chi connectivity index (χ4v) is 1.96. The number of likely N-dealkylation sites (N-methyl/N-ethyl adjacent to an activating group) is 1. The Hall–Kier alpha value is -1.26. The summed E-state index contributed by atoms with van der Waals surface area (Å²) in [5.74, 6) is 1.60. The highest BCUT2D eigenvalue weighted by molar-refractivity contribution is 5.33. The third-order valence-electron chi connectivity index (χ3n) is 3.14. The zero-order valence-corrected chi connectivity index (χ0v) is 12.3. The van der Waals surface area contributed by atoms with Crippen molar-refractivity contribution >= 4 is 0 Å². The Morgan fingerprint density at radius 3 is 2.63 bits per heavy atom. The second-order valence-electron chi connectivity index (χ2n) is 5.01. The predicted molar refractivity (Wildman–Crippen MR) is 76.9 cm³/mol. The summed E-state index contributed by atoms with van der Waals surface area (Å²) in [5.41, 5.74) is -0.322. The van der Waals surface area contributed by atoms with Crippen LogP contribution < -0.4 is 14.8 Å². The third-order valence-corrected chi connectivity index (χ3v) is 3.14. The lowest BCUT2D eigenvalue weighted by atomic mass is 9.96. The van der Waals surface area contributed by atoms with Crippen molar-refractivity contribution in [2.24, 2.45) is 0 Å². The van der Waals surface area contributed by atoms with Gasteiger partial charge >= 0.3 is 0 Å². The van der Waals surface area contributed by atoms with E-state index in [1.807, 2.05) is 52.1 Å². The van der Waals surface area contributed by atoms with Gasteiger partial charge in [-0.15, -0.1) is 0 Å². The molecule has 0 radical (unpaired) electrons. The third kappa shape index (κ3) is 5.09. The zero-order valence-electron chi connectivity index (χ0n) is 12.3. The molecule has 4 nitrogen and oxygen atoms in total. The van der Waals surface area contributed by atoms with Gasteiger partial charge in [0.05, 0.1) is 19.3 Å². The second kappa shape index (κ2) is 7.36. The van der Waals surface area contributed by atoms with E-state index >= 15 is 0 Å². The lowest BCUT2D eigenvalue weighted by molar-refractivity contribution is 0.115. The number of aliphatic hydroxyl groups excluding tert-OH is 1. The molecule has 0 aliphatic carbocycles. The van der Waals surface area contributed by atoms with E-state index in [-0.39, 0.29) is 18.2 Å². The molecule has 0 bridgehead atoms. The molecule has 0 spiro atoms. The smallest absolute Gasteiger partial charge is 0.123 e. The van der Waals surface area contributed by atoms with Crippen LogP contribution in [0.1, 0.15) is 27.2 Å². The summed E-state index contributed by atoms with van der Waals surface area (Å²) >= 11 is 0. The van der Waals surface area contributed by atoms with Crippen LogP contribution in [0.4, 0.5) is 0 Å². The molecule has 0 amide bonds. The molecule has 0 saturated heterocycles. The summed E-state index contributed by atoms with van der Waals surface area (Å²) in [5, 5.41) is 12.5. The first-order valence-electron chi connectivity index (χ1n) is 6.72. The average molecular weight is 267 g/mol. The fourth-order valence-electron chi connectivity index (χ4n) is 1.96. The Morgan fingerprint density at radius 2 is 2.05 bits per heavy atom. The van der Waals surface area contributed by atoms with Crippen molar-refractivity contribution in [1.29, 1.82) is 0 Å². The summed E-state index contributed by atoms with van der Waals surface area (Å²) in [6.07, 6.45) is 0.722. The van der Waals surface area contributed by atoms with Crippen LogP contribution in [0.5, 0.6) is 11.5 Å². The van der Waals surface area contributed by atoms with Crippen molar-refractivity contribution in [1.82, 2.24) is 5.32 Å². The number of hydrogen-bond donors (Lipinski definition) is 2. The van der Waals surface area contributed by atoms with Crippen molar-refractivity contribution in [3.63, 3.8) is 0 Å². The van der Waals surface area contributed by atoms with Gasteiger partial charge in [0.15, 0.2) is 0 Å². The maximum atomic E-state index is 9.38. The Bertz CT molecular complexity index is 377. The van der Waals surface area contributed by atoms with E-state index in [9.17, 15) is 5.11 Å². The minimum absolute atomic E-state index is 0.00137. The van der Waals surface area contributed by atoms with Gasteiger partial charge in [0.2, 0.25) is 0 Å². The molecule has 0 heterocycles. The van der Waals surface area contributed by atoms with E-state index in [4.69, 9.17) is 9.47 Å². The van der Waals surface area contributed by atoms with E-state index in [2.05, 4.69) is 5.32 Å². The van der Waals surface area contributed by atoms with E-state index in [0.29, 0.717) is 6.61 Å². The fraction of sp³-hybridized carbons (Fsp3) is 0.600. The summed E-state index contributed by atoms with van der Waals surface area (Å²) in [7, 11) is 1.85. The zero-order chi connectivity index (χ0) is 14.3. The van der Waals surface area contributed by atoms with Crippen LogP contribution in [0.15, 0.2) is 24.3 Å². The topological polar surface area (TPSA) is 50.7 Å². The largest absolute Gasteiger partial charge is 0.494 e. The van der Waals surface area contributed by atoms with Gasteiger partial charge in [0.1, 0.15) is 11.5 Å². The SMILES string of the molecule is CCOc1cccc(OC(C)CC(C)(CO)NC)c1. The molecule has 2 unspecified atom stereocenters. The second-order valence-corrected chi connectivity index (χ2v) is 5.01. The molecule has 0 aliphatic rings. The van der Waals surface area contributed by atoms with Crippen LogP contribution in [0.2, 0.25) is 0 Å². The summed E-state index contributed by atoms with van der Waals surface area (Å²) in [6.45, 7) is 6.65. The molecule has 4 heteroatoms. The highest BCUT2D eigenvalue weighted by Gasteiger charge is 2.24. The monoisotopic (exact) mass is 267 g/mol. The highest BCUT2D eigenvalue weighted by atomic mass is 16.5. The molecular weight excluding hydrogens is 242 g/mol. The van der Waals surface area contributed by atoms with Crippen LogP contribution in [-0.2, 0) is 0 Å². The quantitative estimate of drug-likeness (QED) is 0.758. The van der Waals surface area contributed by atoms with E-state index in [1.165, 1.54) is 0 Å². The van der Waals surface area contributed by atoms with E-state index in [0.717, 1.165) is 17.9 Å². The van der Waals surface area contributed by atoms with E-state index < -0.39 is 0 Å². The summed E-state index contributed by atoms with van der Waals surface area (Å²) in [4.78, 5) is 0. The van der Waals surface area contributed by atoms with Crippen LogP contribution >= 0.6 is 0 Å². The predicted octanol–water partition coefficient (Wildman–Crippen LogP) is 2.21. The number of hydrogen-bond acceptors (Lipinski definition) is 4. The Morgan fingerprint density at radius 1 is 1.37 bits per heavy atom. The normalized spacial score (nSPS) is 15.6. The van der Waals surface area contributed by atoms with Crippen LogP contribution in [0.3, 0.4) is 0 Å². The number of ether oxygens (including phenoxy) is 2. The highest BCUT2D eigenvalue weighted by Crippen LogP contribution is 2.22. The molecule has 2 N–H and O–H groups in total. The van der Waals surface area contributed by atoms with Gasteiger partial charge in [-0.05, 0) is 40.0 Å². The minimum atomic E-state index is -0.322. The number of rotatable bonds is 8. The molecule has 19 heavy (non-hydrogen) atoms. The molecule has 0 saturated carbocycles. The van der Waals surface area contributed by atoms with Gasteiger partial charge in [0, 0.05) is 18.0 Å². The van der Waals surface area contributed by atoms with Crippen molar-refractivity contribution < 1.29 is 14.6 Å². The molecule has 0 fully saturated rings. The van der Waals surface area contributed by atoms with Gasteiger partial charge in [-0.2, -0.15) is 0 Å². The molecule has 0 aliphatic heterocycles. The Kier molecular flexibility index (Phi) is 6.12. The Labute approximate surface area is 115 Å². The molecule has 1 aromatic rings. The molecule has 1 rings (SSSR count). The summed E-state index contributed by atoms with van der Waals surface area (Å²) in [6, 6.07) is 7.62. The van der Waals surface area contributed by atoms with Crippen molar-refractivity contribution in [2.45, 2.75) is 38.8 Å². The first kappa shape index (κ1) is 15.8. The van der Waals surface area contributed by atoms with Gasteiger partial charge in [-0.1, -0.05) is 6.07 Å². The van der Waals surface area contributed by atoms with Crippen molar-refractivity contribution in [2.75, 3.05) is 20.3 Å². The van der Waals surface area contributed by atoms with Gasteiger partial charge < -0.3 is 19.9 Å². The maximum absolute atomic E-state index is 9.38. The number of aliphatic hydroxyl groups is 1. The lowest BCUT2D eigenvalue weighted by Gasteiger charge is -2.30. The van der Waals surface area contributed by atoms with Gasteiger partial charge in [-0.25, -0.2) is 0 Å². The number of nitrogens with one attached hydrogen (secondary N) is 1. The van der Waals surface area contributed by atoms with E-state index in [1.54, 1.807) is 0 Å². The number of benzene rings is 1. The van der Waals surface area contributed by atoms with Crippen LogP contribution in [-0.4, -0.2) is 37.0 Å². The Balaban J connectivity index is 2.61. The summed E-state index contributed by atoms with van der Waals surface area (Å²) < 4.78 is 11.3. The van der Waals surface area contributed by atoms with Gasteiger partial charge in [-0.3, -0.25) is 0 Å². The van der Waals surface area contributed by atoms with Gasteiger partial charge in [0.25, 0.3) is 0 Å². The van der Waals surface area contributed by atoms with Crippen molar-refractivity contribution in [3.05, 3.63) is 24.3 Å². The van der Waals surface area contributed by atoms with Crippen LogP contribution in [0.25, 0.3) is 0 Å². The standard InChI is InChI=1S/C15H25NO3/c1-5-18-13-7-6-8-14(9-13)19-12(2)10-15(3,11-17)16-4/h6-9,12,16-17H,5,10-11H2,1-4H3. The molecule has 1 aromatic carbocycles. The molecular formula is C15H25NO3. The maximum Gasteiger partial charge on any atom is 0.123 e. The van der Waals surface area contributed by atoms with Crippen molar-refractivity contribution in [3.8, 4) is 11.5 Å². The average Bonchev–Trinajstić information content (AvgIpc) is 2.39. The minimum Gasteiger partial charge on any atom is -0.494 e. The molecule has 108 valence electrons. The first-order chi connectivity index (χ1) is 9.03.